The van der Waals surface area contributed by atoms with Gasteiger partial charge in [0, 0.05) is 11.8 Å². The predicted molar refractivity (Wildman–Crippen MR) is 95.1 cm³/mol. The number of hydrogen-bond acceptors (Lipinski definition) is 3. The summed E-state index contributed by atoms with van der Waals surface area (Å²) >= 11 is 0. The first-order chi connectivity index (χ1) is 12.2. The summed E-state index contributed by atoms with van der Waals surface area (Å²) < 4.78 is 31.5. The van der Waals surface area contributed by atoms with E-state index >= 15 is 0 Å². The van der Waals surface area contributed by atoms with Crippen LogP contribution in [0.3, 0.4) is 0 Å². The molecule has 2 aromatic rings. The van der Waals surface area contributed by atoms with E-state index in [4.69, 9.17) is 4.74 Å². The van der Waals surface area contributed by atoms with Gasteiger partial charge in [0.15, 0.2) is 6.10 Å². The second-order valence-corrected chi connectivity index (χ2v) is 6.39. The van der Waals surface area contributed by atoms with Crippen LogP contribution in [0.5, 0.6) is 0 Å². The maximum Gasteiger partial charge on any atom is 0.339 e. The number of ether oxygens (including phenoxy) is 1. The zero-order valence-electron chi connectivity index (χ0n) is 15.1. The van der Waals surface area contributed by atoms with Gasteiger partial charge in [0.2, 0.25) is 0 Å². The molecule has 0 aliphatic rings. The monoisotopic (exact) mass is 361 g/mol. The standard InChI is InChI=1S/C20H21F2NO3/c1-11(2)17-7-5-6-12(3)18(17)23-19(24)13(4)26-20(25)14-8-15(21)10-16(22)9-14/h5-11,13H,1-4H3,(H,23,24)/t13-/m1/s1. The summed E-state index contributed by atoms with van der Waals surface area (Å²) in [5.74, 6) is -3.09. The highest BCUT2D eigenvalue weighted by atomic mass is 19.1. The van der Waals surface area contributed by atoms with Crippen molar-refractivity contribution in [2.45, 2.75) is 39.7 Å². The molecule has 26 heavy (non-hydrogen) atoms. The van der Waals surface area contributed by atoms with Gasteiger partial charge in [0.05, 0.1) is 5.56 Å². The smallest absolute Gasteiger partial charge is 0.339 e. The molecule has 0 bridgehead atoms. The van der Waals surface area contributed by atoms with Gasteiger partial charge in [0.25, 0.3) is 5.91 Å². The zero-order chi connectivity index (χ0) is 19.4. The van der Waals surface area contributed by atoms with Crippen molar-refractivity contribution >= 4 is 17.6 Å². The van der Waals surface area contributed by atoms with Gasteiger partial charge in [-0.1, -0.05) is 32.0 Å². The third-order valence-electron chi connectivity index (χ3n) is 3.93. The minimum atomic E-state index is -1.13. The Bertz CT molecular complexity index is 814. The average molecular weight is 361 g/mol. The number of anilines is 1. The van der Waals surface area contributed by atoms with E-state index < -0.39 is 29.6 Å². The van der Waals surface area contributed by atoms with E-state index in [0.29, 0.717) is 11.8 Å². The molecule has 0 radical (unpaired) electrons. The molecule has 0 saturated heterocycles. The Kier molecular flexibility index (Phi) is 6.08. The second kappa shape index (κ2) is 8.08. The number of amides is 1. The third kappa shape index (κ3) is 4.65. The molecule has 0 aromatic heterocycles. The Morgan fingerprint density at radius 1 is 1.04 bits per heavy atom. The van der Waals surface area contributed by atoms with Crippen LogP contribution in [-0.2, 0) is 9.53 Å². The minimum Gasteiger partial charge on any atom is -0.449 e. The van der Waals surface area contributed by atoms with Gasteiger partial charge >= 0.3 is 5.97 Å². The van der Waals surface area contributed by atoms with Crippen LogP contribution in [-0.4, -0.2) is 18.0 Å². The molecule has 0 spiro atoms. The summed E-state index contributed by atoms with van der Waals surface area (Å²) in [6.45, 7) is 7.28. The summed E-state index contributed by atoms with van der Waals surface area (Å²) in [6, 6.07) is 8.05. The third-order valence-corrected chi connectivity index (χ3v) is 3.93. The second-order valence-electron chi connectivity index (χ2n) is 6.39. The number of carbonyl (C=O) groups excluding carboxylic acids is 2. The maximum atomic E-state index is 13.2. The number of esters is 1. The molecular weight excluding hydrogens is 340 g/mol. The van der Waals surface area contributed by atoms with E-state index in [1.807, 2.05) is 39.0 Å². The van der Waals surface area contributed by atoms with Gasteiger partial charge in [-0.2, -0.15) is 0 Å². The number of benzene rings is 2. The van der Waals surface area contributed by atoms with Gasteiger partial charge in [-0.25, -0.2) is 13.6 Å². The lowest BCUT2D eigenvalue weighted by Crippen LogP contribution is -2.30. The molecule has 6 heteroatoms. The number of hydrogen-bond donors (Lipinski definition) is 1. The summed E-state index contributed by atoms with van der Waals surface area (Å²) in [5.41, 5.74) is 2.23. The van der Waals surface area contributed by atoms with Crippen molar-refractivity contribution in [3.05, 3.63) is 64.7 Å². The number of halogens is 2. The van der Waals surface area contributed by atoms with E-state index in [-0.39, 0.29) is 11.5 Å². The SMILES string of the molecule is Cc1cccc(C(C)C)c1NC(=O)[C@@H](C)OC(=O)c1cc(F)cc(F)c1. The van der Waals surface area contributed by atoms with Gasteiger partial charge < -0.3 is 10.1 Å². The van der Waals surface area contributed by atoms with Crippen LogP contribution >= 0.6 is 0 Å². The van der Waals surface area contributed by atoms with Crippen LogP contribution in [0.2, 0.25) is 0 Å². The van der Waals surface area contributed by atoms with E-state index in [0.717, 1.165) is 23.3 Å². The van der Waals surface area contributed by atoms with Crippen molar-refractivity contribution in [3.63, 3.8) is 0 Å². The molecule has 1 amide bonds. The largest absolute Gasteiger partial charge is 0.449 e. The first-order valence-corrected chi connectivity index (χ1v) is 8.26. The van der Waals surface area contributed by atoms with Crippen LogP contribution < -0.4 is 5.32 Å². The van der Waals surface area contributed by atoms with Crippen LogP contribution in [0.25, 0.3) is 0 Å². The van der Waals surface area contributed by atoms with Gasteiger partial charge in [-0.15, -0.1) is 0 Å². The summed E-state index contributed by atoms with van der Waals surface area (Å²) in [7, 11) is 0. The Balaban J connectivity index is 2.12. The molecule has 4 nitrogen and oxygen atoms in total. The lowest BCUT2D eigenvalue weighted by Gasteiger charge is -2.19. The quantitative estimate of drug-likeness (QED) is 0.793. The molecule has 0 heterocycles. The molecule has 0 aliphatic carbocycles. The highest BCUT2D eigenvalue weighted by Crippen LogP contribution is 2.27. The van der Waals surface area contributed by atoms with Crippen LogP contribution in [0.4, 0.5) is 14.5 Å². The number of aryl methyl sites for hydroxylation is 1. The normalized spacial score (nSPS) is 12.0. The van der Waals surface area contributed by atoms with Gasteiger partial charge in [-0.3, -0.25) is 4.79 Å². The first kappa shape index (κ1) is 19.6. The van der Waals surface area contributed by atoms with E-state index in [1.54, 1.807) is 0 Å². The maximum absolute atomic E-state index is 13.2. The summed E-state index contributed by atoms with van der Waals surface area (Å²) in [5, 5.41) is 2.78. The Labute approximate surface area is 151 Å². The summed E-state index contributed by atoms with van der Waals surface area (Å²) in [4.78, 5) is 24.4. The fourth-order valence-corrected chi connectivity index (χ4v) is 2.52. The highest BCUT2D eigenvalue weighted by molar-refractivity contribution is 5.98. The Morgan fingerprint density at radius 3 is 2.23 bits per heavy atom. The van der Waals surface area contributed by atoms with Crippen LogP contribution in [0, 0.1) is 18.6 Å². The number of nitrogens with one attached hydrogen (secondary N) is 1. The van der Waals surface area contributed by atoms with Gasteiger partial charge in [0.1, 0.15) is 11.6 Å². The lowest BCUT2D eigenvalue weighted by molar-refractivity contribution is -0.123. The van der Waals surface area contributed by atoms with E-state index in [2.05, 4.69) is 5.32 Å². The molecule has 138 valence electrons. The fourth-order valence-electron chi connectivity index (χ4n) is 2.52. The van der Waals surface area contributed by atoms with E-state index in [1.165, 1.54) is 6.92 Å². The van der Waals surface area contributed by atoms with Crippen LogP contribution in [0.1, 0.15) is 48.2 Å². The topological polar surface area (TPSA) is 55.4 Å². The van der Waals surface area contributed by atoms with Crippen molar-refractivity contribution in [2.75, 3.05) is 5.32 Å². The van der Waals surface area contributed by atoms with E-state index in [9.17, 15) is 18.4 Å². The molecule has 0 fully saturated rings. The summed E-state index contributed by atoms with van der Waals surface area (Å²) in [6.07, 6.45) is -1.13. The zero-order valence-corrected chi connectivity index (χ0v) is 15.1. The van der Waals surface area contributed by atoms with Crippen molar-refractivity contribution in [1.82, 2.24) is 0 Å². The molecule has 0 unspecified atom stereocenters. The van der Waals surface area contributed by atoms with Crippen LogP contribution in [0.15, 0.2) is 36.4 Å². The molecule has 2 rings (SSSR count). The Hall–Kier alpha value is -2.76. The molecule has 0 aliphatic heterocycles. The minimum absolute atomic E-state index is 0.193. The van der Waals surface area contributed by atoms with Crippen molar-refractivity contribution in [1.29, 1.82) is 0 Å². The first-order valence-electron chi connectivity index (χ1n) is 8.26. The molecule has 1 N–H and O–H groups in total. The predicted octanol–water partition coefficient (Wildman–Crippen LogP) is 4.58. The fraction of sp³-hybridized carbons (Fsp3) is 0.300. The molecular formula is C20H21F2NO3. The highest BCUT2D eigenvalue weighted by Gasteiger charge is 2.21. The number of carbonyl (C=O) groups is 2. The number of para-hydroxylation sites is 1. The lowest BCUT2D eigenvalue weighted by atomic mass is 9.98. The van der Waals surface area contributed by atoms with Crippen molar-refractivity contribution < 1.29 is 23.1 Å². The van der Waals surface area contributed by atoms with Crippen molar-refractivity contribution in [2.24, 2.45) is 0 Å². The number of rotatable bonds is 5. The molecule has 0 saturated carbocycles. The van der Waals surface area contributed by atoms with Crippen molar-refractivity contribution in [3.8, 4) is 0 Å². The molecule has 2 aromatic carbocycles. The average Bonchev–Trinajstić information content (AvgIpc) is 2.55. The van der Waals surface area contributed by atoms with Gasteiger partial charge in [-0.05, 0) is 43.0 Å². The molecule has 1 atom stereocenters. The Morgan fingerprint density at radius 2 is 1.65 bits per heavy atom.